The highest BCUT2D eigenvalue weighted by Gasteiger charge is 1.97. The van der Waals surface area contributed by atoms with Gasteiger partial charge in [-0.05, 0) is 18.6 Å². The third kappa shape index (κ3) is 2.61. The van der Waals surface area contributed by atoms with Crippen LogP contribution in [0.5, 0.6) is 0 Å². The standard InChI is InChI=1S/C8H13NOS/c1-2-3-7-4-5-8(11-7)6-10-9/h4-5H,2-3,6,9H2,1H3. The first-order chi connectivity index (χ1) is 5.36. The molecule has 0 amide bonds. The molecule has 0 bridgehead atoms. The fraction of sp³-hybridized carbons (Fsp3) is 0.500. The van der Waals surface area contributed by atoms with Gasteiger partial charge >= 0.3 is 0 Å². The highest BCUT2D eigenvalue weighted by atomic mass is 32.1. The van der Waals surface area contributed by atoms with Crippen LogP contribution in [-0.4, -0.2) is 0 Å². The van der Waals surface area contributed by atoms with E-state index in [1.54, 1.807) is 11.3 Å². The molecular formula is C8H13NOS. The van der Waals surface area contributed by atoms with Crippen molar-refractivity contribution in [2.75, 3.05) is 0 Å². The molecule has 1 aromatic heterocycles. The minimum atomic E-state index is 0.536. The molecule has 0 unspecified atom stereocenters. The maximum absolute atomic E-state index is 4.95. The maximum Gasteiger partial charge on any atom is 0.102 e. The van der Waals surface area contributed by atoms with Gasteiger partial charge in [0.15, 0.2) is 0 Å². The molecule has 1 rings (SSSR count). The second-order valence-corrected chi connectivity index (χ2v) is 3.68. The Hall–Kier alpha value is -0.380. The van der Waals surface area contributed by atoms with E-state index in [9.17, 15) is 0 Å². The van der Waals surface area contributed by atoms with Gasteiger partial charge in [-0.3, -0.25) is 4.84 Å². The van der Waals surface area contributed by atoms with E-state index in [1.165, 1.54) is 16.2 Å². The zero-order valence-electron chi connectivity index (χ0n) is 6.67. The van der Waals surface area contributed by atoms with Crippen molar-refractivity contribution < 1.29 is 4.84 Å². The number of aryl methyl sites for hydroxylation is 1. The lowest BCUT2D eigenvalue weighted by Crippen LogP contribution is -1.96. The van der Waals surface area contributed by atoms with Crippen molar-refractivity contribution in [3.8, 4) is 0 Å². The predicted molar refractivity (Wildman–Crippen MR) is 47.3 cm³/mol. The zero-order valence-corrected chi connectivity index (χ0v) is 7.49. The van der Waals surface area contributed by atoms with Crippen LogP contribution >= 0.6 is 11.3 Å². The van der Waals surface area contributed by atoms with Crippen LogP contribution in [0, 0.1) is 0 Å². The maximum atomic E-state index is 4.95. The van der Waals surface area contributed by atoms with Crippen LogP contribution in [0.15, 0.2) is 12.1 Å². The number of thiophene rings is 1. The highest BCUT2D eigenvalue weighted by molar-refractivity contribution is 7.11. The van der Waals surface area contributed by atoms with E-state index in [1.807, 2.05) is 0 Å². The van der Waals surface area contributed by atoms with E-state index in [0.717, 1.165) is 6.42 Å². The fourth-order valence-corrected chi connectivity index (χ4v) is 2.00. The lowest BCUT2D eigenvalue weighted by Gasteiger charge is -1.91. The van der Waals surface area contributed by atoms with Crippen molar-refractivity contribution in [3.05, 3.63) is 21.9 Å². The Balaban J connectivity index is 2.51. The van der Waals surface area contributed by atoms with Gasteiger partial charge in [0, 0.05) is 9.75 Å². The van der Waals surface area contributed by atoms with E-state index >= 15 is 0 Å². The molecule has 0 saturated carbocycles. The Kier molecular flexibility index (Phi) is 3.56. The summed E-state index contributed by atoms with van der Waals surface area (Å²) in [5.74, 6) is 4.95. The Labute approximate surface area is 70.9 Å². The largest absolute Gasteiger partial charge is 0.299 e. The van der Waals surface area contributed by atoms with Crippen molar-refractivity contribution in [2.45, 2.75) is 26.4 Å². The van der Waals surface area contributed by atoms with Crippen LogP contribution in [0.4, 0.5) is 0 Å². The molecule has 0 saturated heterocycles. The molecule has 0 spiro atoms. The van der Waals surface area contributed by atoms with E-state index in [-0.39, 0.29) is 0 Å². The third-order valence-electron chi connectivity index (χ3n) is 1.44. The van der Waals surface area contributed by atoms with Gasteiger partial charge in [0.05, 0.1) is 0 Å². The van der Waals surface area contributed by atoms with Gasteiger partial charge in [0.25, 0.3) is 0 Å². The molecule has 1 heterocycles. The van der Waals surface area contributed by atoms with E-state index in [2.05, 4.69) is 23.9 Å². The Morgan fingerprint density at radius 2 is 2.18 bits per heavy atom. The van der Waals surface area contributed by atoms with Gasteiger partial charge in [0.2, 0.25) is 0 Å². The predicted octanol–water partition coefficient (Wildman–Crippen LogP) is 2.09. The summed E-state index contributed by atoms with van der Waals surface area (Å²) in [6.07, 6.45) is 2.36. The highest BCUT2D eigenvalue weighted by Crippen LogP contribution is 2.18. The monoisotopic (exact) mass is 171 g/mol. The van der Waals surface area contributed by atoms with Gasteiger partial charge in [-0.15, -0.1) is 11.3 Å². The topological polar surface area (TPSA) is 35.2 Å². The molecule has 1 aromatic rings. The normalized spacial score (nSPS) is 10.4. The molecule has 0 aliphatic carbocycles. The van der Waals surface area contributed by atoms with E-state index < -0.39 is 0 Å². The van der Waals surface area contributed by atoms with Crippen molar-refractivity contribution in [3.63, 3.8) is 0 Å². The van der Waals surface area contributed by atoms with Crippen molar-refractivity contribution >= 4 is 11.3 Å². The molecule has 0 aliphatic heterocycles. The number of hydrogen-bond acceptors (Lipinski definition) is 3. The molecule has 0 atom stereocenters. The van der Waals surface area contributed by atoms with Crippen molar-refractivity contribution in [1.29, 1.82) is 0 Å². The molecule has 2 N–H and O–H groups in total. The molecule has 62 valence electrons. The molecular weight excluding hydrogens is 158 g/mol. The number of rotatable bonds is 4. The van der Waals surface area contributed by atoms with Crippen LogP contribution in [0.3, 0.4) is 0 Å². The van der Waals surface area contributed by atoms with Gasteiger partial charge in [-0.25, -0.2) is 5.90 Å². The van der Waals surface area contributed by atoms with Gasteiger partial charge in [0.1, 0.15) is 6.61 Å². The summed E-state index contributed by atoms with van der Waals surface area (Å²) in [6, 6.07) is 4.21. The van der Waals surface area contributed by atoms with E-state index in [4.69, 9.17) is 5.90 Å². The third-order valence-corrected chi connectivity index (χ3v) is 2.56. The quantitative estimate of drug-likeness (QED) is 0.704. The number of hydrogen-bond donors (Lipinski definition) is 1. The minimum absolute atomic E-state index is 0.536. The second-order valence-electron chi connectivity index (χ2n) is 2.43. The van der Waals surface area contributed by atoms with Crippen molar-refractivity contribution in [2.24, 2.45) is 5.90 Å². The minimum Gasteiger partial charge on any atom is -0.299 e. The summed E-state index contributed by atoms with van der Waals surface area (Å²) in [5, 5.41) is 0. The first kappa shape index (κ1) is 8.71. The van der Waals surface area contributed by atoms with Crippen LogP contribution in [0.1, 0.15) is 23.1 Å². The average Bonchev–Trinajstić information content (AvgIpc) is 2.38. The van der Waals surface area contributed by atoms with Gasteiger partial charge in [-0.2, -0.15) is 0 Å². The van der Waals surface area contributed by atoms with Crippen LogP contribution in [-0.2, 0) is 17.9 Å². The zero-order chi connectivity index (χ0) is 8.10. The van der Waals surface area contributed by atoms with Crippen LogP contribution < -0.4 is 5.90 Å². The second kappa shape index (κ2) is 4.49. The van der Waals surface area contributed by atoms with Crippen LogP contribution in [0.2, 0.25) is 0 Å². The lowest BCUT2D eigenvalue weighted by atomic mass is 10.3. The van der Waals surface area contributed by atoms with E-state index in [0.29, 0.717) is 6.61 Å². The van der Waals surface area contributed by atoms with Crippen molar-refractivity contribution in [1.82, 2.24) is 0 Å². The number of nitrogens with two attached hydrogens (primary N) is 1. The molecule has 3 heteroatoms. The Morgan fingerprint density at radius 1 is 1.45 bits per heavy atom. The molecule has 2 nitrogen and oxygen atoms in total. The molecule has 0 aromatic carbocycles. The lowest BCUT2D eigenvalue weighted by molar-refractivity contribution is 0.126. The summed E-state index contributed by atoms with van der Waals surface area (Å²) >= 11 is 1.78. The first-order valence-corrected chi connectivity index (χ1v) is 4.57. The van der Waals surface area contributed by atoms with Gasteiger partial charge < -0.3 is 0 Å². The fourth-order valence-electron chi connectivity index (χ4n) is 0.963. The SMILES string of the molecule is CCCc1ccc(CON)s1. The molecule has 0 fully saturated rings. The molecule has 0 aliphatic rings. The molecule has 0 radical (unpaired) electrons. The first-order valence-electron chi connectivity index (χ1n) is 3.76. The van der Waals surface area contributed by atoms with Gasteiger partial charge in [-0.1, -0.05) is 13.3 Å². The average molecular weight is 171 g/mol. The smallest absolute Gasteiger partial charge is 0.102 e. The summed E-state index contributed by atoms with van der Waals surface area (Å²) in [6.45, 7) is 2.72. The summed E-state index contributed by atoms with van der Waals surface area (Å²) in [4.78, 5) is 7.15. The molecule has 11 heavy (non-hydrogen) atoms. The Morgan fingerprint density at radius 3 is 2.82 bits per heavy atom. The summed E-state index contributed by atoms with van der Waals surface area (Å²) in [7, 11) is 0. The summed E-state index contributed by atoms with van der Waals surface area (Å²) in [5.41, 5.74) is 0. The Bertz CT molecular complexity index is 189. The van der Waals surface area contributed by atoms with Crippen LogP contribution in [0.25, 0.3) is 0 Å². The summed E-state index contributed by atoms with van der Waals surface area (Å²) < 4.78 is 0.